The van der Waals surface area contributed by atoms with Crippen LogP contribution in [-0.4, -0.2) is 36.7 Å². The number of hydrogen-bond donors (Lipinski definition) is 0. The number of nitrogens with zero attached hydrogens (tertiary/aromatic N) is 2. The summed E-state index contributed by atoms with van der Waals surface area (Å²) in [5.41, 5.74) is 2.74. The van der Waals surface area contributed by atoms with E-state index in [0.29, 0.717) is 0 Å². The Morgan fingerprint density at radius 2 is 1.27 bits per heavy atom. The predicted molar refractivity (Wildman–Crippen MR) is 96.2 cm³/mol. The first-order chi connectivity index (χ1) is 10.6. The van der Waals surface area contributed by atoms with Crippen molar-refractivity contribution in [2.45, 2.75) is 25.8 Å². The Labute approximate surface area is 133 Å². The van der Waals surface area contributed by atoms with E-state index in [1.54, 1.807) is 0 Å². The van der Waals surface area contributed by atoms with Gasteiger partial charge in [0.05, 0.1) is 27.7 Å². The largest absolute Gasteiger partial charge is 0.340 e. The van der Waals surface area contributed by atoms with Crippen LogP contribution in [0.4, 0.5) is 0 Å². The third-order valence-corrected chi connectivity index (χ3v) is 4.39. The van der Waals surface area contributed by atoms with E-state index in [1.165, 1.54) is 47.6 Å². The van der Waals surface area contributed by atoms with E-state index in [2.05, 4.69) is 74.2 Å². The van der Waals surface area contributed by atoms with Crippen LogP contribution < -0.4 is 0 Å². The molecule has 0 fully saturated rings. The highest BCUT2D eigenvalue weighted by Gasteiger charge is 2.09. The van der Waals surface area contributed by atoms with Gasteiger partial charge in [-0.05, 0) is 31.4 Å². The summed E-state index contributed by atoms with van der Waals surface area (Å²) in [5.74, 6) is 0. The van der Waals surface area contributed by atoms with Crippen LogP contribution in [0.5, 0.6) is 0 Å². The summed E-state index contributed by atoms with van der Waals surface area (Å²) >= 11 is 0. The topological polar surface area (TPSA) is 4.93 Å². The molecule has 3 rings (SSSR count). The summed E-state index contributed by atoms with van der Waals surface area (Å²) in [5, 5.41) is 2.76. The molecule has 0 unspecified atom stereocenters. The van der Waals surface area contributed by atoms with Crippen molar-refractivity contribution >= 4 is 21.8 Å². The lowest BCUT2D eigenvalue weighted by atomic mass is 10.2. The average molecular weight is 295 g/mol. The first-order valence-electron chi connectivity index (χ1n) is 8.33. The standard InChI is InChI=1S/C20H27N2/c1-22(2,3)16-10-4-9-15-21-19-13-7-5-11-17(19)18-12-6-8-14-20(18)21/h5-8,11-14H,4,9-10,15-16H2,1-3H3/q+1. The average Bonchev–Trinajstić information content (AvgIpc) is 2.81. The van der Waals surface area contributed by atoms with Crippen molar-refractivity contribution in [1.82, 2.24) is 4.57 Å². The van der Waals surface area contributed by atoms with Crippen molar-refractivity contribution in [2.75, 3.05) is 27.7 Å². The van der Waals surface area contributed by atoms with Gasteiger partial charge in [0.1, 0.15) is 0 Å². The van der Waals surface area contributed by atoms with E-state index in [4.69, 9.17) is 0 Å². The van der Waals surface area contributed by atoms with Crippen molar-refractivity contribution in [1.29, 1.82) is 0 Å². The Morgan fingerprint density at radius 3 is 1.82 bits per heavy atom. The fourth-order valence-electron chi connectivity index (χ4n) is 3.28. The monoisotopic (exact) mass is 295 g/mol. The molecule has 2 nitrogen and oxygen atoms in total. The minimum atomic E-state index is 1.06. The lowest BCUT2D eigenvalue weighted by Gasteiger charge is -2.23. The number of hydrogen-bond acceptors (Lipinski definition) is 0. The molecule has 0 radical (unpaired) electrons. The molecule has 0 bridgehead atoms. The van der Waals surface area contributed by atoms with Gasteiger partial charge in [0.2, 0.25) is 0 Å². The van der Waals surface area contributed by atoms with E-state index >= 15 is 0 Å². The maximum atomic E-state index is 2.50. The minimum Gasteiger partial charge on any atom is -0.340 e. The third-order valence-electron chi connectivity index (χ3n) is 4.39. The normalized spacial score (nSPS) is 12.3. The molecule has 0 aliphatic carbocycles. The zero-order chi connectivity index (χ0) is 15.6. The summed E-state index contributed by atoms with van der Waals surface area (Å²) in [6.45, 7) is 2.37. The minimum absolute atomic E-state index is 1.06. The van der Waals surface area contributed by atoms with Crippen LogP contribution in [0.3, 0.4) is 0 Å². The molecule has 0 saturated carbocycles. The van der Waals surface area contributed by atoms with Crippen LogP contribution in [0.15, 0.2) is 48.5 Å². The van der Waals surface area contributed by atoms with Gasteiger partial charge in [0.25, 0.3) is 0 Å². The fraction of sp³-hybridized carbons (Fsp3) is 0.400. The van der Waals surface area contributed by atoms with Crippen molar-refractivity contribution < 1.29 is 4.48 Å². The SMILES string of the molecule is C[N+](C)(C)CCCCCn1c2ccccc2c2ccccc21. The van der Waals surface area contributed by atoms with Crippen LogP contribution in [0.2, 0.25) is 0 Å². The Bertz CT molecular complexity index is 709. The van der Waals surface area contributed by atoms with Crippen LogP contribution in [0.25, 0.3) is 21.8 Å². The molecule has 0 N–H and O–H groups in total. The molecule has 0 spiro atoms. The first-order valence-corrected chi connectivity index (χ1v) is 8.33. The van der Waals surface area contributed by atoms with Crippen molar-refractivity contribution in [3.8, 4) is 0 Å². The Balaban J connectivity index is 1.78. The van der Waals surface area contributed by atoms with E-state index in [0.717, 1.165) is 11.0 Å². The van der Waals surface area contributed by atoms with E-state index in [1.807, 2.05) is 0 Å². The van der Waals surface area contributed by atoms with Gasteiger partial charge in [-0.15, -0.1) is 0 Å². The van der Waals surface area contributed by atoms with Crippen LogP contribution in [0, 0.1) is 0 Å². The van der Waals surface area contributed by atoms with Gasteiger partial charge >= 0.3 is 0 Å². The Hall–Kier alpha value is -1.80. The number of rotatable bonds is 6. The second-order valence-corrected chi connectivity index (χ2v) is 7.26. The lowest BCUT2D eigenvalue weighted by Crippen LogP contribution is -2.35. The maximum Gasteiger partial charge on any atom is 0.0780 e. The predicted octanol–water partition coefficient (Wildman–Crippen LogP) is 4.67. The van der Waals surface area contributed by atoms with E-state index < -0.39 is 0 Å². The Kier molecular flexibility index (Phi) is 4.21. The highest BCUT2D eigenvalue weighted by atomic mass is 15.3. The number of benzene rings is 2. The molecular weight excluding hydrogens is 268 g/mol. The molecule has 1 heterocycles. The van der Waals surface area contributed by atoms with Crippen LogP contribution in [0.1, 0.15) is 19.3 Å². The van der Waals surface area contributed by atoms with Gasteiger partial charge < -0.3 is 9.05 Å². The van der Waals surface area contributed by atoms with Gasteiger partial charge in [0, 0.05) is 28.4 Å². The summed E-state index contributed by atoms with van der Waals surface area (Å²) in [6, 6.07) is 17.6. The molecule has 22 heavy (non-hydrogen) atoms. The summed E-state index contributed by atoms with van der Waals surface area (Å²) in [4.78, 5) is 0. The lowest BCUT2D eigenvalue weighted by molar-refractivity contribution is -0.870. The van der Waals surface area contributed by atoms with Crippen molar-refractivity contribution in [3.05, 3.63) is 48.5 Å². The number of para-hydroxylation sites is 2. The molecule has 0 aliphatic rings. The number of unbranched alkanes of at least 4 members (excludes halogenated alkanes) is 2. The molecular formula is C20H27N2+. The number of fused-ring (bicyclic) bond motifs is 3. The van der Waals surface area contributed by atoms with Crippen molar-refractivity contribution in [2.24, 2.45) is 0 Å². The summed E-state index contributed by atoms with van der Waals surface area (Å²) < 4.78 is 3.56. The second kappa shape index (κ2) is 6.13. The second-order valence-electron chi connectivity index (χ2n) is 7.26. The van der Waals surface area contributed by atoms with Gasteiger partial charge in [0.15, 0.2) is 0 Å². The molecule has 2 aromatic carbocycles. The van der Waals surface area contributed by atoms with Gasteiger partial charge in [-0.2, -0.15) is 0 Å². The van der Waals surface area contributed by atoms with Crippen LogP contribution in [-0.2, 0) is 6.54 Å². The molecule has 1 aromatic heterocycles. The molecule has 2 heteroatoms. The highest BCUT2D eigenvalue weighted by Crippen LogP contribution is 2.28. The van der Waals surface area contributed by atoms with E-state index in [-0.39, 0.29) is 0 Å². The van der Waals surface area contributed by atoms with E-state index in [9.17, 15) is 0 Å². The molecule has 116 valence electrons. The zero-order valence-corrected chi connectivity index (χ0v) is 14.0. The smallest absolute Gasteiger partial charge is 0.0780 e. The Morgan fingerprint density at radius 1 is 0.727 bits per heavy atom. The van der Waals surface area contributed by atoms with Gasteiger partial charge in [-0.25, -0.2) is 0 Å². The van der Waals surface area contributed by atoms with Gasteiger partial charge in [-0.1, -0.05) is 36.4 Å². The molecule has 0 amide bonds. The molecule has 3 aromatic rings. The van der Waals surface area contributed by atoms with Gasteiger partial charge in [-0.3, -0.25) is 0 Å². The molecule has 0 saturated heterocycles. The molecule has 0 aliphatic heterocycles. The summed E-state index contributed by atoms with van der Waals surface area (Å²) in [6.07, 6.45) is 3.86. The zero-order valence-electron chi connectivity index (χ0n) is 14.0. The summed E-state index contributed by atoms with van der Waals surface area (Å²) in [7, 11) is 6.81. The van der Waals surface area contributed by atoms with Crippen molar-refractivity contribution in [3.63, 3.8) is 0 Å². The number of aryl methyl sites for hydroxylation is 1. The highest BCUT2D eigenvalue weighted by molar-refractivity contribution is 6.07. The maximum absolute atomic E-state index is 2.50. The fourth-order valence-corrected chi connectivity index (χ4v) is 3.28. The number of quaternary nitrogens is 1. The third kappa shape index (κ3) is 3.17. The number of aromatic nitrogens is 1. The first kappa shape index (κ1) is 15.1. The molecule has 0 atom stereocenters. The quantitative estimate of drug-likeness (QED) is 0.460. The van der Waals surface area contributed by atoms with Crippen LogP contribution >= 0.6 is 0 Å².